The third-order valence-electron chi connectivity index (χ3n) is 1.83. The molecule has 0 saturated heterocycles. The molecule has 0 amide bonds. The molecule has 0 aliphatic heterocycles. The fraction of sp³-hybridized carbons (Fsp3) is 0. The van der Waals surface area contributed by atoms with Crippen molar-refractivity contribution in [3.63, 3.8) is 0 Å². The molecule has 6 heteroatoms. The highest BCUT2D eigenvalue weighted by Crippen LogP contribution is 2.29. The van der Waals surface area contributed by atoms with E-state index in [0.29, 0.717) is 7.14 Å². The molecular weight excluding hydrogens is 430 g/mol. The van der Waals surface area contributed by atoms with Gasteiger partial charge in [0.25, 0.3) is 0 Å². The number of hydrogen-bond acceptors (Lipinski definition) is 4. The van der Waals surface area contributed by atoms with Gasteiger partial charge in [-0.15, -0.1) is 0 Å². The van der Waals surface area contributed by atoms with Crippen molar-refractivity contribution in [2.45, 2.75) is 0 Å². The Morgan fingerprint density at radius 3 is 0.875 bits per heavy atom. The molecule has 0 aliphatic rings. The number of rotatable bonds is 0. The summed E-state index contributed by atoms with van der Waals surface area (Å²) in [5.41, 5.74) is 0.622. The molecule has 0 heterocycles. The summed E-state index contributed by atoms with van der Waals surface area (Å²) in [6.45, 7) is 0. The van der Waals surface area contributed by atoms with E-state index in [4.69, 9.17) is 21.0 Å². The lowest BCUT2D eigenvalue weighted by atomic mass is 10.0. The zero-order chi connectivity index (χ0) is 12.3. The predicted molar refractivity (Wildman–Crippen MR) is 70.7 cm³/mol. The second-order valence-corrected chi connectivity index (χ2v) is 4.73. The SMILES string of the molecule is N#Cc1c(I)c(C#N)c(C#N)c(I)c1C#N. The molecule has 0 N–H and O–H groups in total. The van der Waals surface area contributed by atoms with Gasteiger partial charge in [0.15, 0.2) is 0 Å². The predicted octanol–water partition coefficient (Wildman–Crippen LogP) is 2.38. The average molecular weight is 430 g/mol. The van der Waals surface area contributed by atoms with Crippen LogP contribution in [-0.2, 0) is 0 Å². The van der Waals surface area contributed by atoms with Crippen LogP contribution in [0.3, 0.4) is 0 Å². The minimum atomic E-state index is 0.156. The molecule has 0 bridgehead atoms. The summed E-state index contributed by atoms with van der Waals surface area (Å²) in [5, 5.41) is 35.7. The maximum Gasteiger partial charge on any atom is 0.102 e. The van der Waals surface area contributed by atoms with Gasteiger partial charge in [-0.25, -0.2) is 0 Å². The van der Waals surface area contributed by atoms with Gasteiger partial charge in [-0.05, 0) is 45.2 Å². The molecule has 0 spiro atoms. The van der Waals surface area contributed by atoms with Gasteiger partial charge in [-0.2, -0.15) is 21.0 Å². The molecule has 0 radical (unpaired) electrons. The Morgan fingerprint density at radius 2 is 0.750 bits per heavy atom. The maximum atomic E-state index is 8.94. The van der Waals surface area contributed by atoms with Gasteiger partial charge in [-0.3, -0.25) is 0 Å². The summed E-state index contributed by atoms with van der Waals surface area (Å²) < 4.78 is 0.715. The van der Waals surface area contributed by atoms with Gasteiger partial charge < -0.3 is 0 Å². The second kappa shape index (κ2) is 5.12. The number of halogens is 2. The Balaban J connectivity index is 3.98. The average Bonchev–Trinajstić information content (AvgIpc) is 2.30. The van der Waals surface area contributed by atoms with E-state index in [1.54, 1.807) is 45.2 Å². The number of benzene rings is 1. The minimum absolute atomic E-state index is 0.156. The van der Waals surface area contributed by atoms with Crippen LogP contribution < -0.4 is 0 Å². The lowest BCUT2D eigenvalue weighted by Crippen LogP contribution is -2.02. The topological polar surface area (TPSA) is 95.2 Å². The van der Waals surface area contributed by atoms with E-state index in [-0.39, 0.29) is 22.3 Å². The first-order valence-electron chi connectivity index (χ1n) is 3.77. The van der Waals surface area contributed by atoms with Crippen molar-refractivity contribution in [1.29, 1.82) is 21.0 Å². The summed E-state index contributed by atoms with van der Waals surface area (Å²) >= 11 is 3.61. The maximum absolute atomic E-state index is 8.94. The Morgan fingerprint density at radius 1 is 0.562 bits per heavy atom. The van der Waals surface area contributed by atoms with E-state index in [9.17, 15) is 0 Å². The van der Waals surface area contributed by atoms with Gasteiger partial charge in [0.05, 0.1) is 29.4 Å². The van der Waals surface area contributed by atoms with Crippen molar-refractivity contribution in [2.24, 2.45) is 0 Å². The standard InChI is InChI=1S/C10I2N4/c11-9-5(1-13)6(2-14)10(12)8(4-16)7(9)3-15. The largest absolute Gasteiger partial charge is 0.192 e. The first-order valence-corrected chi connectivity index (χ1v) is 5.93. The first kappa shape index (κ1) is 12.7. The Hall–Kier alpha value is -1.36. The van der Waals surface area contributed by atoms with Gasteiger partial charge in [0.2, 0.25) is 0 Å². The molecular formula is C10I2N4. The van der Waals surface area contributed by atoms with Gasteiger partial charge in [0, 0.05) is 0 Å². The van der Waals surface area contributed by atoms with E-state index in [1.807, 2.05) is 24.3 Å². The molecule has 0 fully saturated rings. The highest BCUT2D eigenvalue weighted by Gasteiger charge is 2.21. The molecule has 1 rings (SSSR count). The molecule has 1 aromatic rings. The Bertz CT molecular complexity index is 525. The Labute approximate surface area is 119 Å². The number of nitriles is 4. The van der Waals surface area contributed by atoms with Crippen LogP contribution in [0.2, 0.25) is 0 Å². The highest BCUT2D eigenvalue weighted by atomic mass is 127. The normalized spacial score (nSPS) is 8.38. The summed E-state index contributed by atoms with van der Waals surface area (Å²) in [6.07, 6.45) is 0. The van der Waals surface area contributed by atoms with Crippen molar-refractivity contribution < 1.29 is 0 Å². The second-order valence-electron chi connectivity index (χ2n) is 2.58. The van der Waals surface area contributed by atoms with Crippen LogP contribution in [-0.4, -0.2) is 0 Å². The van der Waals surface area contributed by atoms with Crippen LogP contribution in [0, 0.1) is 52.5 Å². The molecule has 0 saturated carbocycles. The van der Waals surface area contributed by atoms with Crippen LogP contribution in [0.15, 0.2) is 0 Å². The van der Waals surface area contributed by atoms with Gasteiger partial charge in [-0.1, -0.05) is 0 Å². The van der Waals surface area contributed by atoms with Crippen LogP contribution in [0.5, 0.6) is 0 Å². The molecule has 1 aromatic carbocycles. The summed E-state index contributed by atoms with van der Waals surface area (Å²) in [5.74, 6) is 0. The van der Waals surface area contributed by atoms with Crippen molar-refractivity contribution in [1.82, 2.24) is 0 Å². The molecule has 0 atom stereocenters. The van der Waals surface area contributed by atoms with Gasteiger partial charge >= 0.3 is 0 Å². The third-order valence-corrected chi connectivity index (χ3v) is 3.98. The smallest absolute Gasteiger partial charge is 0.102 e. The van der Waals surface area contributed by atoms with Crippen LogP contribution >= 0.6 is 45.2 Å². The monoisotopic (exact) mass is 430 g/mol. The van der Waals surface area contributed by atoms with E-state index >= 15 is 0 Å². The fourth-order valence-electron chi connectivity index (χ4n) is 1.11. The highest BCUT2D eigenvalue weighted by molar-refractivity contribution is 14.1. The lowest BCUT2D eigenvalue weighted by Gasteiger charge is -2.06. The van der Waals surface area contributed by atoms with E-state index < -0.39 is 0 Å². The summed E-state index contributed by atoms with van der Waals surface area (Å²) in [4.78, 5) is 0. The molecule has 0 aromatic heterocycles. The van der Waals surface area contributed by atoms with Crippen molar-refractivity contribution >= 4 is 45.2 Å². The molecule has 0 aliphatic carbocycles. The minimum Gasteiger partial charge on any atom is -0.192 e. The van der Waals surface area contributed by atoms with Crippen molar-refractivity contribution in [3.8, 4) is 24.3 Å². The van der Waals surface area contributed by atoms with Crippen LogP contribution in [0.25, 0.3) is 0 Å². The summed E-state index contributed by atoms with van der Waals surface area (Å²) in [7, 11) is 0. The molecule has 4 nitrogen and oxygen atoms in total. The fourth-order valence-corrected chi connectivity index (χ4v) is 2.67. The molecule has 74 valence electrons. The zero-order valence-corrected chi connectivity index (χ0v) is 11.9. The third kappa shape index (κ3) is 1.82. The van der Waals surface area contributed by atoms with Gasteiger partial charge in [0.1, 0.15) is 24.3 Å². The van der Waals surface area contributed by atoms with E-state index in [1.165, 1.54) is 0 Å². The number of nitrogens with zero attached hydrogens (tertiary/aromatic N) is 4. The zero-order valence-electron chi connectivity index (χ0n) is 7.54. The van der Waals surface area contributed by atoms with Crippen molar-refractivity contribution in [2.75, 3.05) is 0 Å². The lowest BCUT2D eigenvalue weighted by molar-refractivity contribution is 1.33. The number of hydrogen-bond donors (Lipinski definition) is 0. The van der Waals surface area contributed by atoms with Crippen LogP contribution in [0.4, 0.5) is 0 Å². The molecule has 0 unspecified atom stereocenters. The quantitative estimate of drug-likeness (QED) is 0.591. The Kier molecular flexibility index (Phi) is 4.06. The summed E-state index contributed by atoms with van der Waals surface area (Å²) in [6, 6.07) is 7.55. The van der Waals surface area contributed by atoms with E-state index in [2.05, 4.69) is 0 Å². The van der Waals surface area contributed by atoms with Crippen molar-refractivity contribution in [3.05, 3.63) is 29.4 Å². The first-order chi connectivity index (χ1) is 7.62. The van der Waals surface area contributed by atoms with E-state index in [0.717, 1.165) is 0 Å². The molecule has 16 heavy (non-hydrogen) atoms. The van der Waals surface area contributed by atoms with Crippen LogP contribution in [0.1, 0.15) is 22.3 Å².